The minimum atomic E-state index is 0.389. The minimum Gasteiger partial charge on any atom is -0.492 e. The number of benzene rings is 2. The molecule has 2 aromatic carbocycles. The van der Waals surface area contributed by atoms with Crippen molar-refractivity contribution in [2.24, 2.45) is 0 Å². The summed E-state index contributed by atoms with van der Waals surface area (Å²) in [4.78, 5) is 0. The average molecular weight is 311 g/mol. The van der Waals surface area contributed by atoms with Gasteiger partial charge in [-0.25, -0.2) is 0 Å². The Kier molecular flexibility index (Phi) is 6.07. The van der Waals surface area contributed by atoms with Crippen LogP contribution < -0.4 is 10.1 Å². The van der Waals surface area contributed by atoms with Crippen molar-refractivity contribution in [2.75, 3.05) is 26.3 Å². The number of hydrogen-bond donors (Lipinski definition) is 1. The largest absolute Gasteiger partial charge is 0.492 e. The highest BCUT2D eigenvalue weighted by atomic mass is 16.5. The lowest BCUT2D eigenvalue weighted by Gasteiger charge is -2.13. The Hall–Kier alpha value is -1.84. The first-order valence-corrected chi connectivity index (χ1v) is 8.49. The molecule has 0 bridgehead atoms. The van der Waals surface area contributed by atoms with Gasteiger partial charge in [0.05, 0.1) is 6.10 Å². The van der Waals surface area contributed by atoms with Gasteiger partial charge >= 0.3 is 0 Å². The van der Waals surface area contributed by atoms with Gasteiger partial charge in [-0.3, -0.25) is 0 Å². The smallest absolute Gasteiger partial charge is 0.122 e. The van der Waals surface area contributed by atoms with Crippen molar-refractivity contribution in [2.45, 2.75) is 25.4 Å². The quantitative estimate of drug-likeness (QED) is 0.758. The minimum absolute atomic E-state index is 0.389. The lowest BCUT2D eigenvalue weighted by molar-refractivity contribution is 0.109. The molecule has 2 aromatic rings. The first kappa shape index (κ1) is 16.0. The third-order valence-corrected chi connectivity index (χ3v) is 4.14. The second-order valence-corrected chi connectivity index (χ2v) is 5.96. The van der Waals surface area contributed by atoms with Gasteiger partial charge < -0.3 is 14.8 Å². The molecule has 23 heavy (non-hydrogen) atoms. The molecule has 3 nitrogen and oxygen atoms in total. The van der Waals surface area contributed by atoms with Crippen LogP contribution in [0.1, 0.15) is 24.0 Å². The molecular weight excluding hydrogens is 286 g/mol. The molecule has 0 saturated carbocycles. The molecule has 1 saturated heterocycles. The second-order valence-electron chi connectivity index (χ2n) is 5.96. The van der Waals surface area contributed by atoms with Crippen molar-refractivity contribution < 1.29 is 9.47 Å². The Morgan fingerprint density at radius 2 is 1.87 bits per heavy atom. The van der Waals surface area contributed by atoms with Crippen molar-refractivity contribution in [3.63, 3.8) is 0 Å². The molecular formula is C20H25NO2. The summed E-state index contributed by atoms with van der Waals surface area (Å²) in [5.74, 6) is 0.982. The summed E-state index contributed by atoms with van der Waals surface area (Å²) in [7, 11) is 0. The molecule has 1 aliphatic heterocycles. The van der Waals surface area contributed by atoms with Crippen LogP contribution >= 0.6 is 0 Å². The number of rotatable bonds is 8. The number of ether oxygens (including phenoxy) is 2. The fourth-order valence-corrected chi connectivity index (χ4v) is 2.91. The molecule has 3 rings (SSSR count). The van der Waals surface area contributed by atoms with E-state index < -0.39 is 0 Å². The fraction of sp³-hybridized carbons (Fsp3) is 0.400. The molecule has 1 fully saturated rings. The predicted octanol–water partition coefficient (Wildman–Crippen LogP) is 3.42. The summed E-state index contributed by atoms with van der Waals surface area (Å²) in [5, 5.41) is 3.42. The van der Waals surface area contributed by atoms with Gasteiger partial charge in [-0.2, -0.15) is 0 Å². The fourth-order valence-electron chi connectivity index (χ4n) is 2.91. The zero-order valence-corrected chi connectivity index (χ0v) is 13.5. The summed E-state index contributed by atoms with van der Waals surface area (Å²) in [6.07, 6.45) is 3.66. The van der Waals surface area contributed by atoms with Crippen molar-refractivity contribution in [1.82, 2.24) is 5.32 Å². The molecule has 122 valence electrons. The average Bonchev–Trinajstić information content (AvgIpc) is 3.10. The van der Waals surface area contributed by atoms with Crippen LogP contribution in [0.3, 0.4) is 0 Å². The SMILES string of the molecule is c1ccc(Cc2ccccc2OCCNC[C@H]2CCCO2)cc1. The van der Waals surface area contributed by atoms with Gasteiger partial charge in [0, 0.05) is 26.1 Å². The highest BCUT2D eigenvalue weighted by Crippen LogP contribution is 2.21. The van der Waals surface area contributed by atoms with E-state index in [0.29, 0.717) is 12.7 Å². The Labute approximate surface area is 138 Å². The summed E-state index contributed by atoms with van der Waals surface area (Å²) >= 11 is 0. The normalized spacial score (nSPS) is 17.3. The molecule has 0 aliphatic carbocycles. The number of hydrogen-bond acceptors (Lipinski definition) is 3. The molecule has 0 unspecified atom stereocenters. The van der Waals surface area contributed by atoms with Gasteiger partial charge in [-0.05, 0) is 30.0 Å². The monoisotopic (exact) mass is 311 g/mol. The zero-order chi connectivity index (χ0) is 15.7. The van der Waals surface area contributed by atoms with E-state index in [1.54, 1.807) is 0 Å². The van der Waals surface area contributed by atoms with E-state index >= 15 is 0 Å². The highest BCUT2D eigenvalue weighted by molar-refractivity contribution is 5.37. The van der Waals surface area contributed by atoms with Crippen LogP contribution in [0.2, 0.25) is 0 Å². The summed E-state index contributed by atoms with van der Waals surface area (Å²) in [6.45, 7) is 3.36. The lowest BCUT2D eigenvalue weighted by atomic mass is 10.0. The first-order chi connectivity index (χ1) is 11.4. The standard InChI is InChI=1S/C20H25NO2/c1-2-7-17(8-3-1)15-18-9-4-5-11-20(18)23-14-12-21-16-19-10-6-13-22-19/h1-5,7-9,11,19,21H,6,10,12-16H2/t19-/m1/s1. The summed E-state index contributed by atoms with van der Waals surface area (Å²) in [6, 6.07) is 18.8. The van der Waals surface area contributed by atoms with Gasteiger partial charge in [0.25, 0.3) is 0 Å². The summed E-state index contributed by atoms with van der Waals surface area (Å²) < 4.78 is 11.6. The van der Waals surface area contributed by atoms with E-state index in [9.17, 15) is 0 Å². The molecule has 1 heterocycles. The van der Waals surface area contributed by atoms with Crippen molar-refractivity contribution in [3.8, 4) is 5.75 Å². The van der Waals surface area contributed by atoms with E-state index in [4.69, 9.17) is 9.47 Å². The van der Waals surface area contributed by atoms with Gasteiger partial charge in [0.1, 0.15) is 12.4 Å². The Morgan fingerprint density at radius 1 is 1.04 bits per heavy atom. The predicted molar refractivity (Wildman–Crippen MR) is 93.0 cm³/mol. The van der Waals surface area contributed by atoms with Crippen LogP contribution in [0.25, 0.3) is 0 Å². The van der Waals surface area contributed by atoms with Gasteiger partial charge in [-0.1, -0.05) is 48.5 Å². The maximum Gasteiger partial charge on any atom is 0.122 e. The lowest BCUT2D eigenvalue weighted by Crippen LogP contribution is -2.29. The van der Waals surface area contributed by atoms with Gasteiger partial charge in [0.15, 0.2) is 0 Å². The van der Waals surface area contributed by atoms with E-state index in [0.717, 1.165) is 31.9 Å². The van der Waals surface area contributed by atoms with E-state index in [1.807, 2.05) is 12.1 Å². The molecule has 1 aliphatic rings. The number of para-hydroxylation sites is 1. The Balaban J connectivity index is 1.46. The number of nitrogens with one attached hydrogen (secondary N) is 1. The van der Waals surface area contributed by atoms with Crippen LogP contribution in [-0.4, -0.2) is 32.4 Å². The molecule has 0 aromatic heterocycles. The van der Waals surface area contributed by atoms with Crippen molar-refractivity contribution >= 4 is 0 Å². The van der Waals surface area contributed by atoms with Crippen molar-refractivity contribution in [1.29, 1.82) is 0 Å². The first-order valence-electron chi connectivity index (χ1n) is 8.49. The Bertz CT molecular complexity index is 579. The molecule has 0 spiro atoms. The van der Waals surface area contributed by atoms with E-state index in [-0.39, 0.29) is 0 Å². The maximum atomic E-state index is 5.97. The van der Waals surface area contributed by atoms with Crippen LogP contribution in [0.15, 0.2) is 54.6 Å². The molecule has 3 heteroatoms. The molecule has 1 N–H and O–H groups in total. The molecule has 0 radical (unpaired) electrons. The topological polar surface area (TPSA) is 30.5 Å². The van der Waals surface area contributed by atoms with E-state index in [2.05, 4.69) is 47.8 Å². The van der Waals surface area contributed by atoms with Gasteiger partial charge in [-0.15, -0.1) is 0 Å². The van der Waals surface area contributed by atoms with Crippen molar-refractivity contribution in [3.05, 3.63) is 65.7 Å². The second kappa shape index (κ2) is 8.70. The van der Waals surface area contributed by atoms with Crippen LogP contribution in [0.5, 0.6) is 5.75 Å². The van der Waals surface area contributed by atoms with Crippen LogP contribution in [0.4, 0.5) is 0 Å². The Morgan fingerprint density at radius 3 is 2.70 bits per heavy atom. The van der Waals surface area contributed by atoms with Crippen LogP contribution in [0, 0.1) is 0 Å². The highest BCUT2D eigenvalue weighted by Gasteiger charge is 2.14. The molecule has 0 amide bonds. The third kappa shape index (κ3) is 5.08. The zero-order valence-electron chi connectivity index (χ0n) is 13.5. The maximum absolute atomic E-state index is 5.97. The third-order valence-electron chi connectivity index (χ3n) is 4.14. The molecule has 1 atom stereocenters. The van der Waals surface area contributed by atoms with Gasteiger partial charge in [0.2, 0.25) is 0 Å². The van der Waals surface area contributed by atoms with Crippen LogP contribution in [-0.2, 0) is 11.2 Å². The summed E-state index contributed by atoms with van der Waals surface area (Å²) in [5.41, 5.74) is 2.54. The van der Waals surface area contributed by atoms with E-state index in [1.165, 1.54) is 24.0 Å².